The van der Waals surface area contributed by atoms with Gasteiger partial charge in [0, 0.05) is 6.92 Å². The Morgan fingerprint density at radius 1 is 1.40 bits per heavy atom. The van der Waals surface area contributed by atoms with Crippen molar-refractivity contribution < 1.29 is 4.74 Å². The molecule has 0 saturated carbocycles. The summed E-state index contributed by atoms with van der Waals surface area (Å²) < 4.78 is 5.52. The van der Waals surface area contributed by atoms with Gasteiger partial charge in [-0.2, -0.15) is 0 Å². The van der Waals surface area contributed by atoms with Crippen LogP contribution >= 0.6 is 0 Å². The lowest BCUT2D eigenvalue weighted by Gasteiger charge is -2.10. The highest BCUT2D eigenvalue weighted by Gasteiger charge is 2.15. The molecule has 80 valence electrons. The molecule has 1 aromatic carbocycles. The monoisotopic (exact) mass is 203 g/mol. The van der Waals surface area contributed by atoms with Gasteiger partial charge in [-0.25, -0.2) is 6.57 Å². The molecule has 0 saturated heterocycles. The lowest BCUT2D eigenvalue weighted by molar-refractivity contribution is 0.335. The zero-order chi connectivity index (χ0) is 11.3. The van der Waals surface area contributed by atoms with Crippen LogP contribution in [0, 0.1) is 6.57 Å². The van der Waals surface area contributed by atoms with Gasteiger partial charge in [0.15, 0.2) is 0 Å². The minimum Gasteiger partial charge on any atom is -0.493 e. The van der Waals surface area contributed by atoms with Crippen LogP contribution < -0.4 is 4.74 Å². The number of benzene rings is 1. The van der Waals surface area contributed by atoms with Crippen molar-refractivity contribution in [2.75, 3.05) is 6.61 Å². The minimum atomic E-state index is -0.127. The molecule has 2 heteroatoms. The van der Waals surface area contributed by atoms with Crippen LogP contribution in [0.15, 0.2) is 18.2 Å². The van der Waals surface area contributed by atoms with Crippen LogP contribution in [0.2, 0.25) is 0 Å². The highest BCUT2D eigenvalue weighted by atomic mass is 16.5. The van der Waals surface area contributed by atoms with E-state index in [-0.39, 0.29) is 6.04 Å². The quantitative estimate of drug-likeness (QED) is 0.681. The van der Waals surface area contributed by atoms with Gasteiger partial charge in [0.05, 0.1) is 12.2 Å². The smallest absolute Gasteiger partial charge is 0.249 e. The summed E-state index contributed by atoms with van der Waals surface area (Å²) in [6, 6.07) is 5.98. The second kappa shape index (κ2) is 5.41. The number of nitrogens with zero attached hydrogens (tertiary/aromatic N) is 1. The topological polar surface area (TPSA) is 13.6 Å². The third-order valence-corrected chi connectivity index (χ3v) is 2.43. The normalized spacial score (nSPS) is 11.9. The first-order chi connectivity index (χ1) is 7.22. The zero-order valence-corrected chi connectivity index (χ0v) is 9.58. The van der Waals surface area contributed by atoms with E-state index in [1.807, 2.05) is 19.9 Å². The van der Waals surface area contributed by atoms with E-state index in [1.165, 1.54) is 5.56 Å². The van der Waals surface area contributed by atoms with E-state index in [0.717, 1.165) is 17.7 Å². The molecule has 0 aromatic heterocycles. The SMILES string of the molecule is [C-]#[N+]C(C)c1cc(CC)ccc1OCC. The summed E-state index contributed by atoms with van der Waals surface area (Å²) in [5, 5.41) is 0. The van der Waals surface area contributed by atoms with Crippen molar-refractivity contribution in [3.63, 3.8) is 0 Å². The number of aryl methyl sites for hydroxylation is 1. The number of rotatable bonds is 4. The summed E-state index contributed by atoms with van der Waals surface area (Å²) in [4.78, 5) is 3.55. The van der Waals surface area contributed by atoms with Crippen LogP contribution in [-0.4, -0.2) is 6.61 Å². The maximum Gasteiger partial charge on any atom is 0.249 e. The van der Waals surface area contributed by atoms with Crippen molar-refractivity contribution >= 4 is 0 Å². The Bertz CT molecular complexity index is 365. The largest absolute Gasteiger partial charge is 0.493 e. The molecule has 0 N–H and O–H groups in total. The third kappa shape index (κ3) is 2.73. The van der Waals surface area contributed by atoms with Crippen molar-refractivity contribution in [1.82, 2.24) is 0 Å². The second-order valence-electron chi connectivity index (χ2n) is 3.46. The van der Waals surface area contributed by atoms with Gasteiger partial charge in [-0.1, -0.05) is 13.0 Å². The molecule has 0 aliphatic rings. The first kappa shape index (κ1) is 11.6. The fourth-order valence-corrected chi connectivity index (χ4v) is 1.50. The van der Waals surface area contributed by atoms with E-state index in [4.69, 9.17) is 11.3 Å². The third-order valence-electron chi connectivity index (χ3n) is 2.43. The molecule has 0 bridgehead atoms. The van der Waals surface area contributed by atoms with Crippen molar-refractivity contribution in [1.29, 1.82) is 0 Å². The van der Waals surface area contributed by atoms with Crippen LogP contribution in [0.5, 0.6) is 5.75 Å². The van der Waals surface area contributed by atoms with Crippen molar-refractivity contribution in [2.24, 2.45) is 0 Å². The first-order valence-electron chi connectivity index (χ1n) is 5.35. The van der Waals surface area contributed by atoms with Crippen molar-refractivity contribution in [3.8, 4) is 5.75 Å². The van der Waals surface area contributed by atoms with Gasteiger partial charge in [-0.05, 0) is 31.0 Å². The van der Waals surface area contributed by atoms with Gasteiger partial charge in [0.25, 0.3) is 0 Å². The first-order valence-corrected chi connectivity index (χ1v) is 5.35. The Balaban J connectivity index is 3.11. The summed E-state index contributed by atoms with van der Waals surface area (Å²) >= 11 is 0. The van der Waals surface area contributed by atoms with Crippen molar-refractivity contribution in [3.05, 3.63) is 40.7 Å². The van der Waals surface area contributed by atoms with Crippen LogP contribution in [0.1, 0.15) is 37.9 Å². The molecular formula is C13H17NO. The van der Waals surface area contributed by atoms with E-state index >= 15 is 0 Å². The zero-order valence-electron chi connectivity index (χ0n) is 9.58. The van der Waals surface area contributed by atoms with Crippen LogP contribution in [0.3, 0.4) is 0 Å². The molecular weight excluding hydrogens is 186 g/mol. The molecule has 0 aliphatic carbocycles. The summed E-state index contributed by atoms with van der Waals surface area (Å²) in [5.41, 5.74) is 2.26. The van der Waals surface area contributed by atoms with E-state index in [2.05, 4.69) is 23.9 Å². The molecule has 1 unspecified atom stereocenters. The Labute approximate surface area is 91.7 Å². The molecule has 15 heavy (non-hydrogen) atoms. The van der Waals surface area contributed by atoms with Gasteiger partial charge in [-0.3, -0.25) is 0 Å². The Kier molecular flexibility index (Phi) is 4.17. The number of hydrogen-bond donors (Lipinski definition) is 0. The predicted octanol–water partition coefficient (Wildman–Crippen LogP) is 3.63. The maximum atomic E-state index is 7.07. The molecule has 0 fully saturated rings. The van der Waals surface area contributed by atoms with E-state index in [9.17, 15) is 0 Å². The highest BCUT2D eigenvalue weighted by Crippen LogP contribution is 2.28. The standard InChI is InChI=1S/C13H17NO/c1-5-11-7-8-13(15-6-2)12(9-11)10(3)14-4/h7-10H,5-6H2,1-3H3. The molecule has 1 rings (SSSR count). The number of hydrogen-bond acceptors (Lipinski definition) is 1. The summed E-state index contributed by atoms with van der Waals surface area (Å²) in [5.74, 6) is 0.846. The lowest BCUT2D eigenvalue weighted by Crippen LogP contribution is -1.99. The Morgan fingerprint density at radius 2 is 2.13 bits per heavy atom. The van der Waals surface area contributed by atoms with E-state index in [1.54, 1.807) is 0 Å². The fourth-order valence-electron chi connectivity index (χ4n) is 1.50. The molecule has 0 amide bonds. The van der Waals surface area contributed by atoms with Gasteiger partial charge >= 0.3 is 0 Å². The Hall–Kier alpha value is -1.49. The van der Waals surface area contributed by atoms with E-state index in [0.29, 0.717) is 6.61 Å². The van der Waals surface area contributed by atoms with Gasteiger partial charge < -0.3 is 9.58 Å². The minimum absolute atomic E-state index is 0.127. The maximum absolute atomic E-state index is 7.07. The molecule has 0 spiro atoms. The lowest BCUT2D eigenvalue weighted by atomic mass is 10.0. The fraction of sp³-hybridized carbons (Fsp3) is 0.462. The molecule has 1 atom stereocenters. The molecule has 2 nitrogen and oxygen atoms in total. The average molecular weight is 203 g/mol. The van der Waals surface area contributed by atoms with Gasteiger partial charge in [-0.15, -0.1) is 0 Å². The van der Waals surface area contributed by atoms with Crippen LogP contribution in [0.4, 0.5) is 0 Å². The number of ether oxygens (including phenoxy) is 1. The van der Waals surface area contributed by atoms with Crippen LogP contribution in [-0.2, 0) is 6.42 Å². The van der Waals surface area contributed by atoms with Gasteiger partial charge in [0.2, 0.25) is 6.04 Å². The molecule has 0 aliphatic heterocycles. The Morgan fingerprint density at radius 3 is 2.67 bits per heavy atom. The second-order valence-corrected chi connectivity index (χ2v) is 3.46. The summed E-state index contributed by atoms with van der Waals surface area (Å²) in [7, 11) is 0. The average Bonchev–Trinajstić information content (AvgIpc) is 2.29. The van der Waals surface area contributed by atoms with Crippen LogP contribution in [0.25, 0.3) is 4.85 Å². The molecule has 0 heterocycles. The highest BCUT2D eigenvalue weighted by molar-refractivity contribution is 5.40. The molecule has 0 radical (unpaired) electrons. The predicted molar refractivity (Wildman–Crippen MR) is 62.0 cm³/mol. The van der Waals surface area contributed by atoms with Crippen molar-refractivity contribution in [2.45, 2.75) is 33.2 Å². The summed E-state index contributed by atoms with van der Waals surface area (Å²) in [6.07, 6.45) is 0.990. The van der Waals surface area contributed by atoms with E-state index < -0.39 is 0 Å². The van der Waals surface area contributed by atoms with Gasteiger partial charge in [0.1, 0.15) is 5.75 Å². The summed E-state index contributed by atoms with van der Waals surface area (Å²) in [6.45, 7) is 13.7. The molecule has 1 aromatic rings.